The minimum atomic E-state index is -0.258. The SMILES string of the molecule is CC(=O)c1c[nH]c(C(=O)Nc2ccc(C)cc2)c1. The van der Waals surface area contributed by atoms with Crippen LogP contribution >= 0.6 is 0 Å². The molecular formula is C14H14N2O2. The van der Waals surface area contributed by atoms with E-state index in [1.165, 1.54) is 13.1 Å². The molecule has 4 heteroatoms. The third-order valence-corrected chi connectivity index (χ3v) is 2.64. The van der Waals surface area contributed by atoms with Gasteiger partial charge in [-0.3, -0.25) is 9.59 Å². The van der Waals surface area contributed by atoms with E-state index < -0.39 is 0 Å². The molecule has 18 heavy (non-hydrogen) atoms. The summed E-state index contributed by atoms with van der Waals surface area (Å²) in [6, 6.07) is 9.06. The molecule has 2 aromatic rings. The van der Waals surface area contributed by atoms with Crippen LogP contribution in [0.4, 0.5) is 5.69 Å². The molecule has 1 amide bonds. The second-order valence-corrected chi connectivity index (χ2v) is 4.18. The molecule has 0 radical (unpaired) electrons. The number of ketones is 1. The molecule has 0 atom stereocenters. The molecule has 1 aromatic carbocycles. The van der Waals surface area contributed by atoms with Crippen molar-refractivity contribution in [3.8, 4) is 0 Å². The Morgan fingerprint density at radius 3 is 2.39 bits per heavy atom. The quantitative estimate of drug-likeness (QED) is 0.813. The standard InChI is InChI=1S/C14H14N2O2/c1-9-3-5-12(6-4-9)16-14(18)13-7-11(8-15-13)10(2)17/h3-8,15H,1-2H3,(H,16,18). The zero-order chi connectivity index (χ0) is 13.1. The Labute approximate surface area is 105 Å². The van der Waals surface area contributed by atoms with Gasteiger partial charge in [0.2, 0.25) is 0 Å². The van der Waals surface area contributed by atoms with Gasteiger partial charge >= 0.3 is 0 Å². The average Bonchev–Trinajstić information content (AvgIpc) is 2.81. The summed E-state index contributed by atoms with van der Waals surface area (Å²) >= 11 is 0. The summed E-state index contributed by atoms with van der Waals surface area (Å²) in [6.45, 7) is 3.44. The average molecular weight is 242 g/mol. The van der Waals surface area contributed by atoms with Crippen molar-refractivity contribution in [2.75, 3.05) is 5.32 Å². The number of carbonyl (C=O) groups excluding carboxylic acids is 2. The van der Waals surface area contributed by atoms with Crippen LogP contribution in [0.25, 0.3) is 0 Å². The first kappa shape index (κ1) is 12.1. The maximum atomic E-state index is 11.9. The van der Waals surface area contributed by atoms with Gasteiger partial charge in [0.15, 0.2) is 5.78 Å². The van der Waals surface area contributed by atoms with E-state index in [1.54, 1.807) is 6.07 Å². The first-order valence-corrected chi connectivity index (χ1v) is 5.63. The van der Waals surface area contributed by atoms with Crippen LogP contribution in [0.15, 0.2) is 36.5 Å². The van der Waals surface area contributed by atoms with Crippen LogP contribution < -0.4 is 5.32 Å². The van der Waals surface area contributed by atoms with E-state index in [0.29, 0.717) is 11.3 Å². The third kappa shape index (κ3) is 2.66. The van der Waals surface area contributed by atoms with Crippen molar-refractivity contribution in [2.45, 2.75) is 13.8 Å². The van der Waals surface area contributed by atoms with Gasteiger partial charge in [-0.15, -0.1) is 0 Å². The van der Waals surface area contributed by atoms with Crippen molar-refractivity contribution < 1.29 is 9.59 Å². The van der Waals surface area contributed by atoms with Gasteiger partial charge < -0.3 is 10.3 Å². The summed E-state index contributed by atoms with van der Waals surface area (Å²) in [5, 5.41) is 2.76. The molecule has 1 heterocycles. The van der Waals surface area contributed by atoms with Crippen LogP contribution in [-0.2, 0) is 0 Å². The summed E-state index contributed by atoms with van der Waals surface area (Å²) in [6.07, 6.45) is 1.53. The summed E-state index contributed by atoms with van der Waals surface area (Å²) in [7, 11) is 0. The predicted molar refractivity (Wildman–Crippen MR) is 69.9 cm³/mol. The smallest absolute Gasteiger partial charge is 0.272 e. The van der Waals surface area contributed by atoms with Gasteiger partial charge in [0.05, 0.1) is 0 Å². The van der Waals surface area contributed by atoms with Gasteiger partial charge in [0, 0.05) is 17.4 Å². The lowest BCUT2D eigenvalue weighted by Crippen LogP contribution is -2.12. The van der Waals surface area contributed by atoms with Gasteiger partial charge in [-0.1, -0.05) is 17.7 Å². The highest BCUT2D eigenvalue weighted by Crippen LogP contribution is 2.11. The van der Waals surface area contributed by atoms with E-state index in [4.69, 9.17) is 0 Å². The van der Waals surface area contributed by atoms with E-state index >= 15 is 0 Å². The third-order valence-electron chi connectivity index (χ3n) is 2.64. The number of hydrogen-bond donors (Lipinski definition) is 2. The van der Waals surface area contributed by atoms with E-state index in [9.17, 15) is 9.59 Å². The minimum absolute atomic E-state index is 0.0689. The van der Waals surface area contributed by atoms with Crippen LogP contribution in [-0.4, -0.2) is 16.7 Å². The molecule has 0 fully saturated rings. The van der Waals surface area contributed by atoms with Crippen LogP contribution in [0.1, 0.15) is 33.3 Å². The number of aryl methyl sites for hydroxylation is 1. The van der Waals surface area contributed by atoms with Crippen LogP contribution in [0.5, 0.6) is 0 Å². The maximum Gasteiger partial charge on any atom is 0.272 e. The summed E-state index contributed by atoms with van der Waals surface area (Å²) in [4.78, 5) is 25.8. The molecule has 0 aliphatic carbocycles. The normalized spacial score (nSPS) is 10.1. The van der Waals surface area contributed by atoms with Gasteiger partial charge in [-0.2, -0.15) is 0 Å². The molecule has 0 bridgehead atoms. The number of hydrogen-bond acceptors (Lipinski definition) is 2. The summed E-state index contributed by atoms with van der Waals surface area (Å²) < 4.78 is 0. The number of H-pyrrole nitrogens is 1. The lowest BCUT2D eigenvalue weighted by atomic mass is 10.2. The fraction of sp³-hybridized carbons (Fsp3) is 0.143. The Balaban J connectivity index is 2.11. The zero-order valence-corrected chi connectivity index (χ0v) is 10.3. The number of benzene rings is 1. The van der Waals surface area contributed by atoms with Crippen LogP contribution in [0.3, 0.4) is 0 Å². The first-order valence-electron chi connectivity index (χ1n) is 5.63. The molecule has 0 saturated heterocycles. The minimum Gasteiger partial charge on any atom is -0.356 e. The van der Waals surface area contributed by atoms with E-state index in [-0.39, 0.29) is 11.7 Å². The Morgan fingerprint density at radius 1 is 1.17 bits per heavy atom. The summed E-state index contributed by atoms with van der Waals surface area (Å²) in [5.41, 5.74) is 2.74. The van der Waals surface area contributed by atoms with E-state index in [2.05, 4.69) is 10.3 Å². The Hall–Kier alpha value is -2.36. The predicted octanol–water partition coefficient (Wildman–Crippen LogP) is 2.78. The molecule has 2 rings (SSSR count). The number of rotatable bonds is 3. The van der Waals surface area contributed by atoms with E-state index in [0.717, 1.165) is 11.3 Å². The van der Waals surface area contributed by atoms with Crippen LogP contribution in [0.2, 0.25) is 0 Å². The van der Waals surface area contributed by atoms with Gasteiger partial charge in [-0.05, 0) is 32.0 Å². The number of aromatic nitrogens is 1. The van der Waals surface area contributed by atoms with Crippen molar-refractivity contribution in [1.29, 1.82) is 0 Å². The number of amides is 1. The van der Waals surface area contributed by atoms with Crippen molar-refractivity contribution >= 4 is 17.4 Å². The molecule has 92 valence electrons. The fourth-order valence-electron chi connectivity index (χ4n) is 1.56. The highest BCUT2D eigenvalue weighted by atomic mass is 16.2. The number of Topliss-reactive ketones (excluding diaryl/α,β-unsaturated/α-hetero) is 1. The summed E-state index contributed by atoms with van der Waals surface area (Å²) in [5.74, 6) is -0.327. The van der Waals surface area contributed by atoms with Crippen molar-refractivity contribution in [2.24, 2.45) is 0 Å². The molecule has 0 unspecified atom stereocenters. The highest BCUT2D eigenvalue weighted by Gasteiger charge is 2.10. The largest absolute Gasteiger partial charge is 0.356 e. The maximum absolute atomic E-state index is 11.9. The number of anilines is 1. The molecule has 0 aliphatic rings. The molecule has 4 nitrogen and oxygen atoms in total. The lowest BCUT2D eigenvalue weighted by Gasteiger charge is -2.03. The molecule has 0 saturated carbocycles. The monoisotopic (exact) mass is 242 g/mol. The fourth-order valence-corrected chi connectivity index (χ4v) is 1.56. The van der Waals surface area contributed by atoms with Crippen molar-refractivity contribution in [3.63, 3.8) is 0 Å². The molecule has 0 aliphatic heterocycles. The molecular weight excluding hydrogens is 228 g/mol. The number of nitrogens with one attached hydrogen (secondary N) is 2. The molecule has 1 aromatic heterocycles. The zero-order valence-electron chi connectivity index (χ0n) is 10.3. The Morgan fingerprint density at radius 2 is 1.83 bits per heavy atom. The second-order valence-electron chi connectivity index (χ2n) is 4.18. The van der Waals surface area contributed by atoms with Crippen molar-refractivity contribution in [1.82, 2.24) is 4.98 Å². The first-order chi connectivity index (χ1) is 8.56. The number of aromatic amines is 1. The van der Waals surface area contributed by atoms with Gasteiger partial charge in [-0.25, -0.2) is 0 Å². The Kier molecular flexibility index (Phi) is 3.28. The number of carbonyl (C=O) groups is 2. The molecule has 0 spiro atoms. The molecule has 2 N–H and O–H groups in total. The Bertz CT molecular complexity index is 582. The highest BCUT2D eigenvalue weighted by molar-refractivity contribution is 6.05. The van der Waals surface area contributed by atoms with Gasteiger partial charge in [0.25, 0.3) is 5.91 Å². The van der Waals surface area contributed by atoms with Crippen LogP contribution in [0, 0.1) is 6.92 Å². The topological polar surface area (TPSA) is 62.0 Å². The van der Waals surface area contributed by atoms with E-state index in [1.807, 2.05) is 31.2 Å². The lowest BCUT2D eigenvalue weighted by molar-refractivity contribution is 0.101. The second kappa shape index (κ2) is 4.87. The van der Waals surface area contributed by atoms with Crippen molar-refractivity contribution in [3.05, 3.63) is 53.3 Å². The van der Waals surface area contributed by atoms with Gasteiger partial charge in [0.1, 0.15) is 5.69 Å².